The highest BCUT2D eigenvalue weighted by atomic mass is 16.4. The summed E-state index contributed by atoms with van der Waals surface area (Å²) in [5.41, 5.74) is 0.518. The summed E-state index contributed by atoms with van der Waals surface area (Å²) >= 11 is 0. The summed E-state index contributed by atoms with van der Waals surface area (Å²) in [5.74, 6) is -1.72. The molecule has 0 aromatic heterocycles. The van der Waals surface area contributed by atoms with E-state index >= 15 is 0 Å². The molecule has 3 N–H and O–H groups in total. The van der Waals surface area contributed by atoms with Gasteiger partial charge in [-0.05, 0) is 18.6 Å². The Kier molecular flexibility index (Phi) is 6.22. The maximum absolute atomic E-state index is 11.7. The van der Waals surface area contributed by atoms with Gasteiger partial charge in [-0.3, -0.25) is 9.59 Å². The van der Waals surface area contributed by atoms with E-state index in [1.165, 1.54) is 0 Å². The van der Waals surface area contributed by atoms with Gasteiger partial charge in [0.2, 0.25) is 5.91 Å². The number of carboxylic acid groups (broad SMARTS) is 1. The van der Waals surface area contributed by atoms with Crippen molar-refractivity contribution in [3.05, 3.63) is 35.9 Å². The van der Waals surface area contributed by atoms with Crippen LogP contribution in [0.2, 0.25) is 0 Å². The summed E-state index contributed by atoms with van der Waals surface area (Å²) in [6, 6.07) is 7.77. The molecule has 0 fully saturated rings. The van der Waals surface area contributed by atoms with Crippen molar-refractivity contribution in [1.82, 2.24) is 10.6 Å². The Bertz CT molecular complexity index is 473. The molecule has 0 heterocycles. The first-order valence-electron chi connectivity index (χ1n) is 6.40. The Hall–Kier alpha value is -2.37. The van der Waals surface area contributed by atoms with E-state index in [0.717, 1.165) is 0 Å². The number of nitrogens with one attached hydrogen (secondary N) is 2. The van der Waals surface area contributed by atoms with E-state index in [2.05, 4.69) is 10.6 Å². The molecule has 0 saturated carbocycles. The van der Waals surface area contributed by atoms with Crippen LogP contribution in [-0.4, -0.2) is 35.5 Å². The minimum absolute atomic E-state index is 0.0440. The first-order chi connectivity index (χ1) is 9.54. The second-order valence-corrected chi connectivity index (χ2v) is 4.24. The summed E-state index contributed by atoms with van der Waals surface area (Å²) in [5, 5.41) is 13.8. The van der Waals surface area contributed by atoms with Gasteiger partial charge in [0, 0.05) is 18.5 Å². The number of hydrogen-bond donors (Lipinski definition) is 3. The summed E-state index contributed by atoms with van der Waals surface area (Å²) in [7, 11) is 0. The van der Waals surface area contributed by atoms with Crippen LogP contribution in [-0.2, 0) is 9.59 Å². The fourth-order valence-electron chi connectivity index (χ4n) is 1.59. The van der Waals surface area contributed by atoms with Crippen molar-refractivity contribution >= 4 is 17.8 Å². The first-order valence-corrected chi connectivity index (χ1v) is 6.40. The van der Waals surface area contributed by atoms with E-state index in [0.29, 0.717) is 12.0 Å². The van der Waals surface area contributed by atoms with E-state index in [9.17, 15) is 14.4 Å². The molecule has 0 bridgehead atoms. The minimum atomic E-state index is -1.06. The number of amides is 2. The van der Waals surface area contributed by atoms with Crippen LogP contribution >= 0.6 is 0 Å². The number of carbonyl (C=O) groups excluding carboxylic acids is 2. The molecule has 0 unspecified atom stereocenters. The van der Waals surface area contributed by atoms with Gasteiger partial charge in [0.15, 0.2) is 0 Å². The summed E-state index contributed by atoms with van der Waals surface area (Å²) in [4.78, 5) is 33.9. The van der Waals surface area contributed by atoms with Gasteiger partial charge < -0.3 is 15.7 Å². The zero-order valence-corrected chi connectivity index (χ0v) is 11.3. The zero-order chi connectivity index (χ0) is 15.0. The smallest absolute Gasteiger partial charge is 0.326 e. The number of aliphatic carboxylic acids is 1. The summed E-state index contributed by atoms with van der Waals surface area (Å²) in [6.45, 7) is 1.84. The number of carboxylic acids is 1. The molecule has 1 aromatic carbocycles. The first kappa shape index (κ1) is 15.7. The number of benzene rings is 1. The van der Waals surface area contributed by atoms with Crippen LogP contribution in [0.1, 0.15) is 30.1 Å². The normalized spacial score (nSPS) is 11.4. The van der Waals surface area contributed by atoms with E-state index in [1.54, 1.807) is 37.3 Å². The highest BCUT2D eigenvalue weighted by Crippen LogP contribution is 1.98. The molecule has 0 aliphatic carbocycles. The lowest BCUT2D eigenvalue weighted by Gasteiger charge is -2.12. The predicted molar refractivity (Wildman–Crippen MR) is 73.2 cm³/mol. The molecule has 1 rings (SSSR count). The summed E-state index contributed by atoms with van der Waals surface area (Å²) < 4.78 is 0. The van der Waals surface area contributed by atoms with Gasteiger partial charge >= 0.3 is 5.97 Å². The van der Waals surface area contributed by atoms with Gasteiger partial charge in [-0.25, -0.2) is 4.79 Å². The van der Waals surface area contributed by atoms with E-state index in [4.69, 9.17) is 5.11 Å². The Morgan fingerprint density at radius 1 is 1.20 bits per heavy atom. The lowest BCUT2D eigenvalue weighted by Crippen LogP contribution is -2.41. The zero-order valence-electron chi connectivity index (χ0n) is 11.3. The van der Waals surface area contributed by atoms with Crippen molar-refractivity contribution in [3.63, 3.8) is 0 Å². The van der Waals surface area contributed by atoms with E-state index in [1.807, 2.05) is 0 Å². The van der Waals surface area contributed by atoms with Gasteiger partial charge in [-0.1, -0.05) is 25.1 Å². The molecule has 0 spiro atoms. The molecular formula is C14H18N2O4. The van der Waals surface area contributed by atoms with Crippen LogP contribution in [0.25, 0.3) is 0 Å². The topological polar surface area (TPSA) is 95.5 Å². The largest absolute Gasteiger partial charge is 0.480 e. The predicted octanol–water partition coefficient (Wildman–Crippen LogP) is 0.786. The van der Waals surface area contributed by atoms with Crippen molar-refractivity contribution in [3.8, 4) is 0 Å². The molecular weight excluding hydrogens is 260 g/mol. The average Bonchev–Trinajstić information content (AvgIpc) is 2.45. The van der Waals surface area contributed by atoms with Crippen molar-refractivity contribution in [2.75, 3.05) is 6.54 Å². The third kappa shape index (κ3) is 5.09. The second kappa shape index (κ2) is 7.93. The molecule has 108 valence electrons. The molecule has 0 aliphatic rings. The second-order valence-electron chi connectivity index (χ2n) is 4.24. The number of rotatable bonds is 7. The van der Waals surface area contributed by atoms with Gasteiger partial charge in [0.1, 0.15) is 6.04 Å². The van der Waals surface area contributed by atoms with Crippen molar-refractivity contribution in [1.29, 1.82) is 0 Å². The maximum Gasteiger partial charge on any atom is 0.326 e. The molecule has 1 aromatic rings. The highest BCUT2D eigenvalue weighted by molar-refractivity contribution is 5.94. The monoisotopic (exact) mass is 278 g/mol. The molecule has 6 heteroatoms. The molecule has 0 aliphatic heterocycles. The summed E-state index contributed by atoms with van der Waals surface area (Å²) in [6.07, 6.45) is 0.361. The van der Waals surface area contributed by atoms with Crippen LogP contribution in [0, 0.1) is 0 Å². The van der Waals surface area contributed by atoms with Crippen LogP contribution in [0.3, 0.4) is 0 Å². The molecule has 2 amide bonds. The third-order valence-electron chi connectivity index (χ3n) is 2.72. The highest BCUT2D eigenvalue weighted by Gasteiger charge is 2.17. The van der Waals surface area contributed by atoms with Gasteiger partial charge in [-0.2, -0.15) is 0 Å². The number of hydrogen-bond acceptors (Lipinski definition) is 3. The third-order valence-corrected chi connectivity index (χ3v) is 2.72. The van der Waals surface area contributed by atoms with E-state index in [-0.39, 0.29) is 18.9 Å². The Morgan fingerprint density at radius 3 is 2.40 bits per heavy atom. The SMILES string of the molecule is CC[C@H](NC(=O)CCNC(=O)c1ccccc1)C(=O)O. The van der Waals surface area contributed by atoms with Crippen LogP contribution in [0.4, 0.5) is 0 Å². The van der Waals surface area contributed by atoms with Crippen LogP contribution in [0.5, 0.6) is 0 Å². The van der Waals surface area contributed by atoms with Crippen molar-refractivity contribution in [2.24, 2.45) is 0 Å². The fourth-order valence-corrected chi connectivity index (χ4v) is 1.59. The maximum atomic E-state index is 11.7. The fraction of sp³-hybridized carbons (Fsp3) is 0.357. The van der Waals surface area contributed by atoms with Crippen molar-refractivity contribution < 1.29 is 19.5 Å². The van der Waals surface area contributed by atoms with Crippen molar-refractivity contribution in [2.45, 2.75) is 25.8 Å². The van der Waals surface area contributed by atoms with Crippen LogP contribution < -0.4 is 10.6 Å². The molecule has 0 radical (unpaired) electrons. The average molecular weight is 278 g/mol. The number of carbonyl (C=O) groups is 3. The quantitative estimate of drug-likeness (QED) is 0.687. The lowest BCUT2D eigenvalue weighted by atomic mass is 10.2. The van der Waals surface area contributed by atoms with Gasteiger partial charge in [0.25, 0.3) is 5.91 Å². The Balaban J connectivity index is 2.32. The van der Waals surface area contributed by atoms with Gasteiger partial charge in [-0.15, -0.1) is 0 Å². The van der Waals surface area contributed by atoms with Crippen LogP contribution in [0.15, 0.2) is 30.3 Å². The molecule has 1 atom stereocenters. The molecule has 20 heavy (non-hydrogen) atoms. The Morgan fingerprint density at radius 2 is 1.85 bits per heavy atom. The standard InChI is InChI=1S/C14H18N2O4/c1-2-11(14(19)20)16-12(17)8-9-15-13(18)10-6-4-3-5-7-10/h3-7,11H,2,8-9H2,1H3,(H,15,18)(H,16,17)(H,19,20)/t11-/m0/s1. The lowest BCUT2D eigenvalue weighted by molar-refractivity contribution is -0.141. The minimum Gasteiger partial charge on any atom is -0.480 e. The molecule has 0 saturated heterocycles. The van der Waals surface area contributed by atoms with E-state index < -0.39 is 17.9 Å². The van der Waals surface area contributed by atoms with Gasteiger partial charge in [0.05, 0.1) is 0 Å². The molecule has 6 nitrogen and oxygen atoms in total. The Labute approximate surface area is 117 Å².